The molecule has 1 aromatic carbocycles. The van der Waals surface area contributed by atoms with E-state index in [2.05, 4.69) is 9.97 Å². The van der Waals surface area contributed by atoms with Gasteiger partial charge in [0.05, 0.1) is 0 Å². The van der Waals surface area contributed by atoms with Crippen molar-refractivity contribution < 1.29 is 0 Å². The Morgan fingerprint density at radius 3 is 2.50 bits per heavy atom. The summed E-state index contributed by atoms with van der Waals surface area (Å²) in [5, 5.41) is 2.11. The Balaban J connectivity index is 2.22. The van der Waals surface area contributed by atoms with Gasteiger partial charge in [-0.1, -0.05) is 35.3 Å². The third-order valence-corrected chi connectivity index (χ3v) is 3.24. The molecule has 0 atom stereocenters. The van der Waals surface area contributed by atoms with E-state index in [0.717, 1.165) is 16.5 Å². The van der Waals surface area contributed by atoms with Crippen LogP contribution in [0.5, 0.6) is 0 Å². The van der Waals surface area contributed by atoms with Crippen LogP contribution in [-0.4, -0.2) is 9.97 Å². The van der Waals surface area contributed by atoms with Crippen molar-refractivity contribution in [2.45, 2.75) is 0 Å². The first-order valence-corrected chi connectivity index (χ1v) is 6.17. The molecule has 0 aliphatic rings. The maximum atomic E-state index is 6.19. The van der Waals surface area contributed by atoms with E-state index in [4.69, 9.17) is 23.2 Å². The molecule has 2 aromatic heterocycles. The van der Waals surface area contributed by atoms with Crippen molar-refractivity contribution in [2.75, 3.05) is 0 Å². The molecule has 0 aliphatic heterocycles. The Kier molecular flexibility index (Phi) is 2.90. The lowest BCUT2D eigenvalue weighted by Gasteiger charge is -2.05. The van der Waals surface area contributed by atoms with Crippen LogP contribution >= 0.6 is 23.2 Å². The SMILES string of the molecule is Clc1ccc(-c2cc3cccnc3nc2Cl)cc1. The molecule has 0 saturated carbocycles. The first kappa shape index (κ1) is 11.5. The predicted octanol–water partition coefficient (Wildman–Crippen LogP) is 4.60. The topological polar surface area (TPSA) is 25.8 Å². The van der Waals surface area contributed by atoms with Crippen LogP contribution in [0.3, 0.4) is 0 Å². The number of nitrogens with zero attached hydrogens (tertiary/aromatic N) is 2. The Labute approximate surface area is 114 Å². The smallest absolute Gasteiger partial charge is 0.160 e. The number of fused-ring (bicyclic) bond motifs is 1. The second-order valence-corrected chi connectivity index (χ2v) is 4.68. The number of rotatable bonds is 1. The number of hydrogen-bond donors (Lipinski definition) is 0. The lowest BCUT2D eigenvalue weighted by atomic mass is 10.1. The van der Waals surface area contributed by atoms with E-state index in [0.29, 0.717) is 15.8 Å². The van der Waals surface area contributed by atoms with Gasteiger partial charge >= 0.3 is 0 Å². The standard InChI is InChI=1S/C14H8Cl2N2/c15-11-5-3-9(4-6-11)12-8-10-2-1-7-17-14(10)18-13(12)16/h1-8H. The molecule has 88 valence electrons. The monoisotopic (exact) mass is 274 g/mol. The van der Waals surface area contributed by atoms with Crippen LogP contribution in [-0.2, 0) is 0 Å². The zero-order valence-corrected chi connectivity index (χ0v) is 10.8. The zero-order valence-electron chi connectivity index (χ0n) is 9.27. The molecule has 0 unspecified atom stereocenters. The Bertz CT molecular complexity index is 709. The molecule has 0 radical (unpaired) electrons. The van der Waals surface area contributed by atoms with Crippen LogP contribution in [0, 0.1) is 0 Å². The first-order valence-electron chi connectivity index (χ1n) is 5.41. The number of benzene rings is 1. The van der Waals surface area contributed by atoms with Gasteiger partial charge in [0.1, 0.15) is 5.15 Å². The first-order chi connectivity index (χ1) is 8.74. The third-order valence-electron chi connectivity index (χ3n) is 2.70. The van der Waals surface area contributed by atoms with Gasteiger partial charge in [0.2, 0.25) is 0 Å². The average Bonchev–Trinajstić information content (AvgIpc) is 2.39. The summed E-state index contributed by atoms with van der Waals surface area (Å²) in [4.78, 5) is 8.47. The molecule has 0 bridgehead atoms. The van der Waals surface area contributed by atoms with Crippen molar-refractivity contribution in [2.24, 2.45) is 0 Å². The minimum Gasteiger partial charge on any atom is -0.237 e. The Morgan fingerprint density at radius 1 is 0.944 bits per heavy atom. The molecule has 3 rings (SSSR count). The zero-order chi connectivity index (χ0) is 12.5. The molecule has 3 aromatic rings. The highest BCUT2D eigenvalue weighted by Crippen LogP contribution is 2.29. The van der Waals surface area contributed by atoms with Crippen LogP contribution in [0.15, 0.2) is 48.7 Å². The minimum absolute atomic E-state index is 0.448. The van der Waals surface area contributed by atoms with Gasteiger partial charge < -0.3 is 0 Å². The lowest BCUT2D eigenvalue weighted by molar-refractivity contribution is 1.29. The maximum absolute atomic E-state index is 6.19. The van der Waals surface area contributed by atoms with Crippen molar-refractivity contribution in [3.05, 3.63) is 58.8 Å². The number of pyridine rings is 2. The molecular formula is C14H8Cl2N2. The highest BCUT2D eigenvalue weighted by Gasteiger charge is 2.07. The van der Waals surface area contributed by atoms with Crippen molar-refractivity contribution in [1.82, 2.24) is 9.97 Å². The van der Waals surface area contributed by atoms with Crippen molar-refractivity contribution in [3.8, 4) is 11.1 Å². The van der Waals surface area contributed by atoms with Gasteiger partial charge in [-0.2, -0.15) is 0 Å². The van der Waals surface area contributed by atoms with Crippen LogP contribution in [0.1, 0.15) is 0 Å². The highest BCUT2D eigenvalue weighted by molar-refractivity contribution is 6.33. The molecule has 0 aliphatic carbocycles. The van der Waals surface area contributed by atoms with Gasteiger partial charge in [0.15, 0.2) is 5.65 Å². The van der Waals surface area contributed by atoms with Gasteiger partial charge in [-0.05, 0) is 35.9 Å². The Morgan fingerprint density at radius 2 is 1.72 bits per heavy atom. The fourth-order valence-corrected chi connectivity index (χ4v) is 2.19. The summed E-state index contributed by atoms with van der Waals surface area (Å²) in [6.07, 6.45) is 1.70. The Hall–Kier alpha value is -1.64. The molecule has 18 heavy (non-hydrogen) atoms. The number of halogens is 2. The van der Waals surface area contributed by atoms with Crippen molar-refractivity contribution in [3.63, 3.8) is 0 Å². The highest BCUT2D eigenvalue weighted by atomic mass is 35.5. The van der Waals surface area contributed by atoms with Crippen molar-refractivity contribution >= 4 is 34.2 Å². The molecule has 2 nitrogen and oxygen atoms in total. The van der Waals surface area contributed by atoms with Crippen LogP contribution < -0.4 is 0 Å². The molecule has 4 heteroatoms. The van der Waals surface area contributed by atoms with E-state index in [9.17, 15) is 0 Å². The molecular weight excluding hydrogens is 267 g/mol. The van der Waals surface area contributed by atoms with Crippen LogP contribution in [0.4, 0.5) is 0 Å². The summed E-state index contributed by atoms with van der Waals surface area (Å²) in [6, 6.07) is 13.3. The molecule has 2 heterocycles. The third kappa shape index (κ3) is 2.05. The largest absolute Gasteiger partial charge is 0.237 e. The summed E-state index contributed by atoms with van der Waals surface area (Å²) >= 11 is 12.1. The molecule has 0 N–H and O–H groups in total. The minimum atomic E-state index is 0.448. The predicted molar refractivity (Wildman–Crippen MR) is 75.0 cm³/mol. The van der Waals surface area contributed by atoms with Crippen LogP contribution in [0.2, 0.25) is 10.2 Å². The lowest BCUT2D eigenvalue weighted by Crippen LogP contribution is -1.88. The van der Waals surface area contributed by atoms with E-state index in [-0.39, 0.29) is 0 Å². The van der Waals surface area contributed by atoms with Gasteiger partial charge in [0, 0.05) is 22.2 Å². The fourth-order valence-electron chi connectivity index (χ4n) is 1.82. The summed E-state index contributed by atoms with van der Waals surface area (Å²) < 4.78 is 0. The second kappa shape index (κ2) is 4.56. The summed E-state index contributed by atoms with van der Waals surface area (Å²) in [6.45, 7) is 0. The number of hydrogen-bond acceptors (Lipinski definition) is 2. The van der Waals surface area contributed by atoms with E-state index in [1.165, 1.54) is 0 Å². The fraction of sp³-hybridized carbons (Fsp3) is 0. The van der Waals surface area contributed by atoms with Gasteiger partial charge in [-0.3, -0.25) is 0 Å². The van der Waals surface area contributed by atoms with Gasteiger partial charge in [-0.15, -0.1) is 0 Å². The van der Waals surface area contributed by atoms with E-state index in [1.807, 2.05) is 42.5 Å². The van der Waals surface area contributed by atoms with E-state index < -0.39 is 0 Å². The second-order valence-electron chi connectivity index (χ2n) is 3.88. The molecule has 0 saturated heterocycles. The average molecular weight is 275 g/mol. The molecule has 0 fully saturated rings. The van der Waals surface area contributed by atoms with Gasteiger partial charge in [0.25, 0.3) is 0 Å². The van der Waals surface area contributed by atoms with E-state index in [1.54, 1.807) is 6.20 Å². The maximum Gasteiger partial charge on any atom is 0.160 e. The molecule has 0 amide bonds. The summed E-state index contributed by atoms with van der Waals surface area (Å²) in [7, 11) is 0. The van der Waals surface area contributed by atoms with Crippen LogP contribution in [0.25, 0.3) is 22.2 Å². The quantitative estimate of drug-likeness (QED) is 0.606. The summed E-state index contributed by atoms with van der Waals surface area (Å²) in [5.74, 6) is 0. The van der Waals surface area contributed by atoms with Crippen molar-refractivity contribution in [1.29, 1.82) is 0 Å². The normalized spacial score (nSPS) is 10.8. The number of aromatic nitrogens is 2. The van der Waals surface area contributed by atoms with E-state index >= 15 is 0 Å². The molecule has 0 spiro atoms. The van der Waals surface area contributed by atoms with Gasteiger partial charge in [-0.25, -0.2) is 9.97 Å². The summed E-state index contributed by atoms with van der Waals surface area (Å²) in [5.41, 5.74) is 2.52.